The Morgan fingerprint density at radius 3 is 1.74 bits per heavy atom. The lowest BCUT2D eigenvalue weighted by Crippen LogP contribution is -2.29. The van der Waals surface area contributed by atoms with E-state index in [0.29, 0.717) is 6.42 Å². The number of hydrogen-bond donors (Lipinski definition) is 2. The van der Waals surface area contributed by atoms with Gasteiger partial charge in [0.05, 0.1) is 0 Å². The van der Waals surface area contributed by atoms with Gasteiger partial charge < -0.3 is 10.8 Å². The number of carboxylic acid groups (broad SMARTS) is 1. The van der Waals surface area contributed by atoms with Crippen LogP contribution in [0.2, 0.25) is 0 Å². The molecule has 3 heteroatoms. The molecule has 0 aliphatic heterocycles. The van der Waals surface area contributed by atoms with E-state index >= 15 is 0 Å². The number of allylic oxidation sites excluding steroid dienone is 2. The molecule has 0 aromatic heterocycles. The Hall–Kier alpha value is -0.830. The molecule has 0 bridgehead atoms. The van der Waals surface area contributed by atoms with E-state index in [1.165, 1.54) is 77.0 Å². The fourth-order valence-electron chi connectivity index (χ4n) is 2.74. The van der Waals surface area contributed by atoms with Crippen LogP contribution in [0.15, 0.2) is 12.2 Å². The molecule has 23 heavy (non-hydrogen) atoms. The summed E-state index contributed by atoms with van der Waals surface area (Å²) in [4.78, 5) is 10.5. The maximum atomic E-state index is 10.5. The van der Waals surface area contributed by atoms with Gasteiger partial charge in [-0.15, -0.1) is 0 Å². The molecule has 0 rings (SSSR count). The second-order valence-electron chi connectivity index (χ2n) is 6.67. The van der Waals surface area contributed by atoms with Crippen molar-refractivity contribution in [2.75, 3.05) is 0 Å². The smallest absolute Gasteiger partial charge is 0.320 e. The molecule has 0 aromatic carbocycles. The maximum Gasteiger partial charge on any atom is 0.320 e. The Morgan fingerprint density at radius 2 is 1.26 bits per heavy atom. The molecule has 136 valence electrons. The van der Waals surface area contributed by atoms with Crippen LogP contribution in [0, 0.1) is 0 Å². The predicted molar refractivity (Wildman–Crippen MR) is 99.7 cm³/mol. The summed E-state index contributed by atoms with van der Waals surface area (Å²) in [6.07, 6.45) is 23.2. The van der Waals surface area contributed by atoms with Crippen LogP contribution in [0.25, 0.3) is 0 Å². The van der Waals surface area contributed by atoms with Crippen LogP contribution in [0.5, 0.6) is 0 Å². The third kappa shape index (κ3) is 17.4. The average Bonchev–Trinajstić information content (AvgIpc) is 2.54. The van der Waals surface area contributed by atoms with Crippen LogP contribution in [-0.4, -0.2) is 17.1 Å². The largest absolute Gasteiger partial charge is 0.480 e. The zero-order valence-electron chi connectivity index (χ0n) is 15.3. The summed E-state index contributed by atoms with van der Waals surface area (Å²) in [5, 5.41) is 8.66. The van der Waals surface area contributed by atoms with Gasteiger partial charge in [0, 0.05) is 0 Å². The van der Waals surface area contributed by atoms with Crippen molar-refractivity contribution >= 4 is 5.97 Å². The summed E-state index contributed by atoms with van der Waals surface area (Å²) < 4.78 is 0. The van der Waals surface area contributed by atoms with Crippen molar-refractivity contribution in [3.05, 3.63) is 12.2 Å². The van der Waals surface area contributed by atoms with E-state index in [9.17, 15) is 4.79 Å². The highest BCUT2D eigenvalue weighted by Gasteiger charge is 2.08. The summed E-state index contributed by atoms with van der Waals surface area (Å²) in [5.41, 5.74) is 5.44. The minimum Gasteiger partial charge on any atom is -0.480 e. The van der Waals surface area contributed by atoms with Gasteiger partial charge in [-0.2, -0.15) is 0 Å². The Labute approximate surface area is 143 Å². The Morgan fingerprint density at radius 1 is 0.826 bits per heavy atom. The molecule has 0 radical (unpaired) electrons. The van der Waals surface area contributed by atoms with E-state index in [1.807, 2.05) is 0 Å². The molecular formula is C20H39NO2. The summed E-state index contributed by atoms with van der Waals surface area (Å²) in [5.74, 6) is -0.903. The number of carbonyl (C=O) groups is 1. The van der Waals surface area contributed by atoms with Crippen LogP contribution in [-0.2, 0) is 4.79 Å². The van der Waals surface area contributed by atoms with Crippen LogP contribution in [0.4, 0.5) is 0 Å². The predicted octanol–water partition coefficient (Wildman–Crippen LogP) is 5.83. The zero-order chi connectivity index (χ0) is 17.2. The molecule has 0 heterocycles. The first-order valence-electron chi connectivity index (χ1n) is 9.81. The molecule has 0 aromatic rings. The molecule has 0 saturated heterocycles. The van der Waals surface area contributed by atoms with Crippen LogP contribution in [0.3, 0.4) is 0 Å². The highest BCUT2D eigenvalue weighted by Crippen LogP contribution is 2.12. The van der Waals surface area contributed by atoms with Crippen molar-refractivity contribution in [2.45, 2.75) is 109 Å². The average molecular weight is 326 g/mol. The standard InChI is InChI=1S/C20H39NO2/c1-2-3-4-5-6-7-8-9-10-11-12-13-14-15-16-17-18-19(21)20(22)23/h15-16,19H,2-14,17-18,21H2,1H3,(H,22,23)/b16-15-/t19-/m0/s1. The number of carboxylic acids is 1. The number of aliphatic carboxylic acids is 1. The van der Waals surface area contributed by atoms with Gasteiger partial charge >= 0.3 is 5.97 Å². The topological polar surface area (TPSA) is 63.3 Å². The maximum absolute atomic E-state index is 10.5. The normalized spacial score (nSPS) is 12.8. The van der Waals surface area contributed by atoms with E-state index in [1.54, 1.807) is 0 Å². The van der Waals surface area contributed by atoms with Crippen molar-refractivity contribution in [1.82, 2.24) is 0 Å². The number of rotatable bonds is 17. The lowest BCUT2D eigenvalue weighted by molar-refractivity contribution is -0.138. The monoisotopic (exact) mass is 325 g/mol. The van der Waals surface area contributed by atoms with Crippen molar-refractivity contribution in [1.29, 1.82) is 0 Å². The lowest BCUT2D eigenvalue weighted by Gasteiger charge is -2.03. The van der Waals surface area contributed by atoms with Gasteiger partial charge in [0.25, 0.3) is 0 Å². The molecule has 0 spiro atoms. The molecule has 0 aliphatic carbocycles. The van der Waals surface area contributed by atoms with Gasteiger partial charge in [0.15, 0.2) is 0 Å². The van der Waals surface area contributed by atoms with Gasteiger partial charge in [-0.05, 0) is 25.7 Å². The molecular weight excluding hydrogens is 286 g/mol. The fraction of sp³-hybridized carbons (Fsp3) is 0.850. The van der Waals surface area contributed by atoms with Crippen LogP contribution < -0.4 is 5.73 Å². The third-order valence-corrected chi connectivity index (χ3v) is 4.35. The third-order valence-electron chi connectivity index (χ3n) is 4.35. The molecule has 0 aliphatic rings. The zero-order valence-corrected chi connectivity index (χ0v) is 15.3. The van der Waals surface area contributed by atoms with Crippen LogP contribution >= 0.6 is 0 Å². The second-order valence-corrected chi connectivity index (χ2v) is 6.67. The Balaban J connectivity index is 3.14. The van der Waals surface area contributed by atoms with Crippen molar-refractivity contribution in [3.63, 3.8) is 0 Å². The summed E-state index contributed by atoms with van der Waals surface area (Å²) in [7, 11) is 0. The summed E-state index contributed by atoms with van der Waals surface area (Å²) in [6.45, 7) is 2.27. The first-order chi connectivity index (χ1) is 11.2. The van der Waals surface area contributed by atoms with E-state index in [4.69, 9.17) is 10.8 Å². The second kappa shape index (κ2) is 17.5. The first-order valence-corrected chi connectivity index (χ1v) is 9.81. The SMILES string of the molecule is CCCCCCCCCCCCCC/C=C\CC[C@H](N)C(=O)O. The minimum atomic E-state index is -0.903. The van der Waals surface area contributed by atoms with E-state index in [2.05, 4.69) is 19.1 Å². The molecule has 0 saturated carbocycles. The molecule has 1 atom stereocenters. The van der Waals surface area contributed by atoms with E-state index in [-0.39, 0.29) is 0 Å². The van der Waals surface area contributed by atoms with Crippen LogP contribution in [0.1, 0.15) is 103 Å². The molecule has 3 nitrogen and oxygen atoms in total. The van der Waals surface area contributed by atoms with Gasteiger partial charge in [-0.3, -0.25) is 4.79 Å². The highest BCUT2D eigenvalue weighted by atomic mass is 16.4. The lowest BCUT2D eigenvalue weighted by atomic mass is 10.0. The highest BCUT2D eigenvalue weighted by molar-refractivity contribution is 5.72. The first kappa shape index (κ1) is 22.2. The Kier molecular flexibility index (Phi) is 16.9. The number of unbranched alkanes of at least 4 members (excludes halogenated alkanes) is 12. The van der Waals surface area contributed by atoms with Crippen molar-refractivity contribution < 1.29 is 9.90 Å². The molecule has 0 amide bonds. The van der Waals surface area contributed by atoms with Gasteiger partial charge in [0.1, 0.15) is 6.04 Å². The Bertz CT molecular complexity index is 289. The molecule has 0 fully saturated rings. The van der Waals surface area contributed by atoms with Gasteiger partial charge in [-0.25, -0.2) is 0 Å². The van der Waals surface area contributed by atoms with Gasteiger partial charge in [0.2, 0.25) is 0 Å². The van der Waals surface area contributed by atoms with Crippen molar-refractivity contribution in [3.8, 4) is 0 Å². The van der Waals surface area contributed by atoms with E-state index in [0.717, 1.165) is 12.8 Å². The number of nitrogens with two attached hydrogens (primary N) is 1. The van der Waals surface area contributed by atoms with Crippen molar-refractivity contribution in [2.24, 2.45) is 5.73 Å². The molecule has 3 N–H and O–H groups in total. The summed E-state index contributed by atoms with van der Waals surface area (Å²) >= 11 is 0. The molecule has 0 unspecified atom stereocenters. The van der Waals surface area contributed by atoms with E-state index < -0.39 is 12.0 Å². The quantitative estimate of drug-likeness (QED) is 0.261. The fourth-order valence-corrected chi connectivity index (χ4v) is 2.74. The minimum absolute atomic E-state index is 0.532. The number of hydrogen-bond acceptors (Lipinski definition) is 2. The van der Waals surface area contributed by atoms with Gasteiger partial charge in [-0.1, -0.05) is 89.7 Å². The summed E-state index contributed by atoms with van der Waals surface area (Å²) in [6, 6.07) is -0.716.